The zero-order valence-corrected chi connectivity index (χ0v) is 15.2. The SMILES string of the molecule is CN(Cc1ccc(Br)cc1)Cn1nc2n(c1=S)CCCCC2. The first-order valence-electron chi connectivity index (χ1n) is 7.73. The summed E-state index contributed by atoms with van der Waals surface area (Å²) in [6.45, 7) is 2.64. The number of nitrogens with zero attached hydrogens (tertiary/aromatic N) is 4. The van der Waals surface area contributed by atoms with Gasteiger partial charge in [-0.2, -0.15) is 5.10 Å². The number of hydrogen-bond acceptors (Lipinski definition) is 3. The number of hydrogen-bond donors (Lipinski definition) is 0. The molecular weight excluding hydrogens is 360 g/mol. The summed E-state index contributed by atoms with van der Waals surface area (Å²) < 4.78 is 6.16. The van der Waals surface area contributed by atoms with Crippen molar-refractivity contribution < 1.29 is 0 Å². The van der Waals surface area contributed by atoms with Crippen molar-refractivity contribution in [3.8, 4) is 0 Å². The molecule has 0 saturated carbocycles. The van der Waals surface area contributed by atoms with Gasteiger partial charge < -0.3 is 4.57 Å². The Hall–Kier alpha value is -0.980. The van der Waals surface area contributed by atoms with Gasteiger partial charge in [0.2, 0.25) is 0 Å². The molecule has 22 heavy (non-hydrogen) atoms. The van der Waals surface area contributed by atoms with Gasteiger partial charge in [0.15, 0.2) is 4.77 Å². The predicted octanol–water partition coefficient (Wildman–Crippen LogP) is 3.99. The summed E-state index contributed by atoms with van der Waals surface area (Å²) in [6, 6.07) is 8.44. The number of aromatic nitrogens is 3. The molecule has 2 aromatic rings. The Morgan fingerprint density at radius 3 is 2.77 bits per heavy atom. The van der Waals surface area contributed by atoms with E-state index in [1.54, 1.807) is 0 Å². The van der Waals surface area contributed by atoms with E-state index in [9.17, 15) is 0 Å². The fraction of sp³-hybridized carbons (Fsp3) is 0.500. The van der Waals surface area contributed by atoms with E-state index in [-0.39, 0.29) is 0 Å². The summed E-state index contributed by atoms with van der Waals surface area (Å²) in [5.41, 5.74) is 1.29. The minimum atomic E-state index is 0.731. The van der Waals surface area contributed by atoms with E-state index in [1.165, 1.54) is 24.8 Å². The lowest BCUT2D eigenvalue weighted by atomic mass is 10.2. The molecule has 0 spiro atoms. The maximum Gasteiger partial charge on any atom is 0.199 e. The number of fused-ring (bicyclic) bond motifs is 1. The second-order valence-corrected chi connectivity index (χ2v) is 7.22. The second kappa shape index (κ2) is 7.06. The maximum atomic E-state index is 5.60. The van der Waals surface area contributed by atoms with Crippen LogP contribution in [-0.2, 0) is 26.2 Å². The molecule has 1 aliphatic rings. The third-order valence-electron chi connectivity index (χ3n) is 4.02. The van der Waals surface area contributed by atoms with Gasteiger partial charge in [0, 0.05) is 24.0 Å². The number of benzene rings is 1. The van der Waals surface area contributed by atoms with Gasteiger partial charge in [0.05, 0.1) is 6.67 Å². The first-order chi connectivity index (χ1) is 10.6. The molecule has 0 atom stereocenters. The fourth-order valence-electron chi connectivity index (χ4n) is 2.90. The molecule has 0 aliphatic carbocycles. The lowest BCUT2D eigenvalue weighted by Crippen LogP contribution is -2.22. The molecule has 1 aromatic heterocycles. The third kappa shape index (κ3) is 3.67. The lowest BCUT2D eigenvalue weighted by Gasteiger charge is -2.16. The molecule has 0 radical (unpaired) electrons. The van der Waals surface area contributed by atoms with Crippen LogP contribution in [0.3, 0.4) is 0 Å². The van der Waals surface area contributed by atoms with Crippen LogP contribution in [0.15, 0.2) is 28.7 Å². The molecule has 2 heterocycles. The number of halogens is 1. The van der Waals surface area contributed by atoms with Crippen LogP contribution in [-0.4, -0.2) is 26.3 Å². The summed E-state index contributed by atoms with van der Waals surface area (Å²) >= 11 is 9.07. The van der Waals surface area contributed by atoms with Crippen LogP contribution in [0.1, 0.15) is 30.7 Å². The minimum Gasteiger partial charge on any atom is -0.304 e. The van der Waals surface area contributed by atoms with E-state index in [4.69, 9.17) is 17.3 Å². The van der Waals surface area contributed by atoms with Crippen LogP contribution < -0.4 is 0 Å². The molecule has 0 saturated heterocycles. The highest BCUT2D eigenvalue weighted by Gasteiger charge is 2.14. The van der Waals surface area contributed by atoms with Gasteiger partial charge in [0.25, 0.3) is 0 Å². The Balaban J connectivity index is 1.70. The van der Waals surface area contributed by atoms with Crippen molar-refractivity contribution in [1.29, 1.82) is 0 Å². The average molecular weight is 381 g/mol. The monoisotopic (exact) mass is 380 g/mol. The van der Waals surface area contributed by atoms with E-state index >= 15 is 0 Å². The predicted molar refractivity (Wildman–Crippen MR) is 94.2 cm³/mol. The normalized spacial score (nSPS) is 14.9. The molecule has 0 N–H and O–H groups in total. The summed E-state index contributed by atoms with van der Waals surface area (Å²) in [7, 11) is 2.11. The van der Waals surface area contributed by atoms with Crippen molar-refractivity contribution in [3.63, 3.8) is 0 Å². The lowest BCUT2D eigenvalue weighted by molar-refractivity contribution is 0.243. The first-order valence-corrected chi connectivity index (χ1v) is 8.93. The van der Waals surface area contributed by atoms with Crippen LogP contribution in [0.2, 0.25) is 0 Å². The largest absolute Gasteiger partial charge is 0.304 e. The Labute approximate surface area is 144 Å². The Kier molecular flexibility index (Phi) is 5.10. The van der Waals surface area contributed by atoms with Crippen molar-refractivity contribution in [2.45, 2.75) is 45.4 Å². The molecule has 0 bridgehead atoms. The molecule has 118 valence electrons. The van der Waals surface area contributed by atoms with Gasteiger partial charge in [-0.1, -0.05) is 34.5 Å². The highest BCUT2D eigenvalue weighted by molar-refractivity contribution is 9.10. The highest BCUT2D eigenvalue weighted by Crippen LogP contribution is 2.15. The quantitative estimate of drug-likeness (QED) is 0.749. The molecule has 6 heteroatoms. The van der Waals surface area contributed by atoms with Crippen LogP contribution in [0.4, 0.5) is 0 Å². The van der Waals surface area contributed by atoms with Gasteiger partial charge in [-0.25, -0.2) is 4.68 Å². The fourth-order valence-corrected chi connectivity index (χ4v) is 3.46. The Bertz CT molecular complexity index is 689. The van der Waals surface area contributed by atoms with E-state index < -0.39 is 0 Å². The Morgan fingerprint density at radius 1 is 1.23 bits per heavy atom. The van der Waals surface area contributed by atoms with Crippen LogP contribution in [0, 0.1) is 4.77 Å². The molecule has 0 fully saturated rings. The summed E-state index contributed by atoms with van der Waals surface area (Å²) in [5.74, 6) is 1.15. The van der Waals surface area contributed by atoms with Crippen molar-refractivity contribution >= 4 is 28.1 Å². The summed E-state index contributed by atoms with van der Waals surface area (Å²) in [4.78, 5) is 2.24. The van der Waals surface area contributed by atoms with Crippen LogP contribution in [0.5, 0.6) is 0 Å². The summed E-state index contributed by atoms with van der Waals surface area (Å²) in [5, 5.41) is 4.73. The average Bonchev–Trinajstić information content (AvgIpc) is 2.67. The molecule has 1 aromatic carbocycles. The zero-order valence-electron chi connectivity index (χ0n) is 12.8. The van der Waals surface area contributed by atoms with Gasteiger partial charge in [-0.05, 0) is 49.8 Å². The smallest absolute Gasteiger partial charge is 0.199 e. The Morgan fingerprint density at radius 2 is 2.00 bits per heavy atom. The maximum absolute atomic E-state index is 5.60. The molecule has 0 unspecified atom stereocenters. The number of rotatable bonds is 4. The standard InChI is InChI=1S/C16H21BrN4S/c1-19(11-13-6-8-14(17)9-7-13)12-21-16(22)20-10-4-2-3-5-15(20)18-21/h6-9H,2-5,10-12H2,1H3. The molecule has 1 aliphatic heterocycles. The van der Waals surface area contributed by atoms with E-state index in [1.807, 2.05) is 4.68 Å². The zero-order chi connectivity index (χ0) is 15.5. The molecular formula is C16H21BrN4S. The minimum absolute atomic E-state index is 0.731. The van der Waals surface area contributed by atoms with Gasteiger partial charge in [-0.15, -0.1) is 0 Å². The van der Waals surface area contributed by atoms with Gasteiger partial charge >= 0.3 is 0 Å². The van der Waals surface area contributed by atoms with Gasteiger partial charge in [0.1, 0.15) is 5.82 Å². The summed E-state index contributed by atoms with van der Waals surface area (Å²) in [6.07, 6.45) is 4.76. The second-order valence-electron chi connectivity index (χ2n) is 5.94. The van der Waals surface area contributed by atoms with E-state index in [0.717, 1.165) is 41.2 Å². The van der Waals surface area contributed by atoms with Gasteiger partial charge in [-0.3, -0.25) is 4.90 Å². The van der Waals surface area contributed by atoms with Crippen LogP contribution >= 0.6 is 28.1 Å². The number of aryl methyl sites for hydroxylation is 1. The van der Waals surface area contributed by atoms with E-state index in [2.05, 4.69) is 56.7 Å². The van der Waals surface area contributed by atoms with Crippen molar-refractivity contribution in [2.24, 2.45) is 0 Å². The van der Waals surface area contributed by atoms with Crippen molar-refractivity contribution in [2.75, 3.05) is 7.05 Å². The van der Waals surface area contributed by atoms with Crippen molar-refractivity contribution in [3.05, 3.63) is 44.9 Å². The first kappa shape index (κ1) is 15.9. The topological polar surface area (TPSA) is 26.0 Å². The third-order valence-corrected chi connectivity index (χ3v) is 4.98. The molecule has 4 nitrogen and oxygen atoms in total. The van der Waals surface area contributed by atoms with Crippen LogP contribution in [0.25, 0.3) is 0 Å². The van der Waals surface area contributed by atoms with Crippen molar-refractivity contribution in [1.82, 2.24) is 19.2 Å². The molecule has 0 amide bonds. The van der Waals surface area contributed by atoms with E-state index in [0.29, 0.717) is 0 Å². The molecule has 3 rings (SSSR count). The highest BCUT2D eigenvalue weighted by atomic mass is 79.9.